The van der Waals surface area contributed by atoms with Gasteiger partial charge in [-0.25, -0.2) is 5.43 Å². The smallest absolute Gasteiger partial charge is 0.433 e. The number of aryl methyl sites for hydroxylation is 1. The third-order valence-electron chi connectivity index (χ3n) is 2.67. The van der Waals surface area contributed by atoms with Gasteiger partial charge in [0, 0.05) is 4.47 Å². The number of hydrazone groups is 1. The maximum atomic E-state index is 11.6. The first-order valence-corrected chi connectivity index (χ1v) is 7.20. The van der Waals surface area contributed by atoms with Gasteiger partial charge in [-0.2, -0.15) is 5.10 Å². The highest BCUT2D eigenvalue weighted by Crippen LogP contribution is 2.21. The topological polar surface area (TPSA) is 107 Å². The van der Waals surface area contributed by atoms with E-state index in [4.69, 9.17) is 9.15 Å². The number of nitro groups is 1. The number of carbonyl (C=O) groups excluding carboxylic acids is 1. The van der Waals surface area contributed by atoms with Crippen LogP contribution in [0.3, 0.4) is 0 Å². The fraction of sp³-hybridized carbons (Fsp3) is 0.143. The number of rotatable bonds is 6. The second kappa shape index (κ2) is 7.54. The van der Waals surface area contributed by atoms with Gasteiger partial charge in [0.25, 0.3) is 5.91 Å². The standard InChI is InChI=1S/C14H12BrN3O5/c1-9-6-10(15)2-4-12(9)22-8-13(19)17-16-7-11-3-5-14(23-11)18(20)21/h2-7H,8H2,1H3,(H,17,19)/b16-7+. The molecule has 0 aliphatic carbocycles. The summed E-state index contributed by atoms with van der Waals surface area (Å²) in [5, 5.41) is 14.1. The molecule has 0 aliphatic rings. The molecule has 0 unspecified atom stereocenters. The molecule has 0 radical (unpaired) electrons. The van der Waals surface area contributed by atoms with Gasteiger partial charge in [0.05, 0.1) is 12.3 Å². The molecule has 0 aliphatic heterocycles. The number of nitrogens with one attached hydrogen (secondary N) is 1. The number of hydrogen-bond acceptors (Lipinski definition) is 6. The zero-order valence-corrected chi connectivity index (χ0v) is 13.6. The molecule has 0 fully saturated rings. The Bertz CT molecular complexity index is 757. The van der Waals surface area contributed by atoms with Crippen molar-refractivity contribution in [2.45, 2.75) is 6.92 Å². The first-order chi connectivity index (χ1) is 11.0. The van der Waals surface area contributed by atoms with Gasteiger partial charge in [-0.05, 0) is 36.8 Å². The Kier molecular flexibility index (Phi) is 5.47. The first-order valence-electron chi connectivity index (χ1n) is 6.41. The summed E-state index contributed by atoms with van der Waals surface area (Å²) in [7, 11) is 0. The number of furan rings is 1. The van der Waals surface area contributed by atoms with Crippen LogP contribution in [0.1, 0.15) is 11.3 Å². The largest absolute Gasteiger partial charge is 0.483 e. The molecule has 9 heteroatoms. The number of hydrogen-bond donors (Lipinski definition) is 1. The van der Waals surface area contributed by atoms with E-state index in [1.807, 2.05) is 19.1 Å². The van der Waals surface area contributed by atoms with Crippen molar-refractivity contribution in [3.05, 3.63) is 56.2 Å². The van der Waals surface area contributed by atoms with Crippen LogP contribution in [0.2, 0.25) is 0 Å². The normalized spacial score (nSPS) is 10.7. The van der Waals surface area contributed by atoms with Crippen LogP contribution in [0.15, 0.2) is 44.3 Å². The van der Waals surface area contributed by atoms with Crippen molar-refractivity contribution in [1.82, 2.24) is 5.43 Å². The van der Waals surface area contributed by atoms with Gasteiger partial charge < -0.3 is 9.15 Å². The minimum Gasteiger partial charge on any atom is -0.483 e. The summed E-state index contributed by atoms with van der Waals surface area (Å²) in [6.45, 7) is 1.65. The van der Waals surface area contributed by atoms with E-state index in [1.165, 1.54) is 12.1 Å². The van der Waals surface area contributed by atoms with Crippen LogP contribution in [-0.2, 0) is 4.79 Å². The second-order valence-corrected chi connectivity index (χ2v) is 5.34. The van der Waals surface area contributed by atoms with Crippen LogP contribution in [-0.4, -0.2) is 23.7 Å². The summed E-state index contributed by atoms with van der Waals surface area (Å²) in [4.78, 5) is 21.4. The van der Waals surface area contributed by atoms with E-state index in [9.17, 15) is 14.9 Å². The predicted molar refractivity (Wildman–Crippen MR) is 85.5 cm³/mol. The average molecular weight is 382 g/mol. The Labute approximate surface area is 139 Å². The molecule has 0 spiro atoms. The summed E-state index contributed by atoms with van der Waals surface area (Å²) < 4.78 is 11.1. The monoisotopic (exact) mass is 381 g/mol. The first kappa shape index (κ1) is 16.7. The molecule has 2 rings (SSSR count). The molecule has 0 saturated carbocycles. The summed E-state index contributed by atoms with van der Waals surface area (Å²) in [6.07, 6.45) is 1.16. The minimum absolute atomic E-state index is 0.154. The maximum Gasteiger partial charge on any atom is 0.433 e. The molecule has 23 heavy (non-hydrogen) atoms. The van der Waals surface area contributed by atoms with E-state index in [-0.39, 0.29) is 12.4 Å². The highest BCUT2D eigenvalue weighted by Gasteiger charge is 2.10. The zero-order valence-electron chi connectivity index (χ0n) is 12.0. The van der Waals surface area contributed by atoms with Crippen LogP contribution < -0.4 is 10.2 Å². The summed E-state index contributed by atoms with van der Waals surface area (Å²) in [5.74, 6) is -0.118. The third-order valence-corrected chi connectivity index (χ3v) is 3.16. The van der Waals surface area contributed by atoms with E-state index in [2.05, 4.69) is 26.5 Å². The van der Waals surface area contributed by atoms with E-state index in [0.717, 1.165) is 16.3 Å². The van der Waals surface area contributed by atoms with Crippen molar-refractivity contribution in [3.8, 4) is 5.75 Å². The molecule has 1 amide bonds. The number of carbonyl (C=O) groups is 1. The van der Waals surface area contributed by atoms with Crippen LogP contribution >= 0.6 is 15.9 Å². The Morgan fingerprint density at radius 2 is 2.26 bits per heavy atom. The SMILES string of the molecule is Cc1cc(Br)ccc1OCC(=O)N/N=C/c1ccc([N+](=O)[O-])o1. The Hall–Kier alpha value is -2.68. The number of benzene rings is 1. The summed E-state index contributed by atoms with van der Waals surface area (Å²) in [5.41, 5.74) is 3.12. The van der Waals surface area contributed by atoms with E-state index >= 15 is 0 Å². The highest BCUT2D eigenvalue weighted by molar-refractivity contribution is 9.10. The fourth-order valence-electron chi connectivity index (χ4n) is 1.63. The molecule has 1 aromatic heterocycles. The lowest BCUT2D eigenvalue weighted by molar-refractivity contribution is -0.402. The molecule has 1 aromatic carbocycles. The molecule has 0 atom stereocenters. The third kappa shape index (κ3) is 4.92. The molecular formula is C14H12BrN3O5. The lowest BCUT2D eigenvalue weighted by Crippen LogP contribution is -2.24. The summed E-state index contributed by atoms with van der Waals surface area (Å²) in [6, 6.07) is 7.99. The van der Waals surface area contributed by atoms with Gasteiger partial charge in [-0.1, -0.05) is 15.9 Å². The van der Waals surface area contributed by atoms with E-state index in [0.29, 0.717) is 5.75 Å². The maximum absolute atomic E-state index is 11.6. The molecule has 1 N–H and O–H groups in total. The highest BCUT2D eigenvalue weighted by atomic mass is 79.9. The van der Waals surface area contributed by atoms with Crippen LogP contribution in [0.25, 0.3) is 0 Å². The fourth-order valence-corrected chi connectivity index (χ4v) is 2.10. The van der Waals surface area contributed by atoms with Crippen molar-refractivity contribution in [1.29, 1.82) is 0 Å². The average Bonchev–Trinajstić information content (AvgIpc) is 2.95. The van der Waals surface area contributed by atoms with Crippen molar-refractivity contribution < 1.29 is 18.9 Å². The van der Waals surface area contributed by atoms with Gasteiger partial charge >= 0.3 is 5.88 Å². The van der Waals surface area contributed by atoms with E-state index < -0.39 is 16.7 Å². The van der Waals surface area contributed by atoms with Crippen LogP contribution in [0, 0.1) is 17.0 Å². The van der Waals surface area contributed by atoms with Crippen molar-refractivity contribution in [2.75, 3.05) is 6.61 Å². The number of halogens is 1. The number of ether oxygens (including phenoxy) is 1. The van der Waals surface area contributed by atoms with Gasteiger partial charge in [0.1, 0.15) is 10.7 Å². The van der Waals surface area contributed by atoms with Crippen molar-refractivity contribution in [2.24, 2.45) is 5.10 Å². The predicted octanol–water partition coefficient (Wildman–Crippen LogP) is 2.79. The zero-order chi connectivity index (χ0) is 16.8. The molecule has 0 bridgehead atoms. The minimum atomic E-state index is -0.662. The lowest BCUT2D eigenvalue weighted by atomic mass is 10.2. The van der Waals surface area contributed by atoms with Gasteiger partial charge in [-0.3, -0.25) is 14.9 Å². The van der Waals surface area contributed by atoms with Crippen LogP contribution in [0.5, 0.6) is 5.75 Å². The molecule has 120 valence electrons. The lowest BCUT2D eigenvalue weighted by Gasteiger charge is -2.08. The molecule has 1 heterocycles. The van der Waals surface area contributed by atoms with Crippen LogP contribution in [0.4, 0.5) is 5.88 Å². The Balaban J connectivity index is 1.82. The molecule has 8 nitrogen and oxygen atoms in total. The van der Waals surface area contributed by atoms with Gasteiger partial charge in [0.15, 0.2) is 12.4 Å². The Morgan fingerprint density at radius 3 is 2.91 bits per heavy atom. The summed E-state index contributed by atoms with van der Waals surface area (Å²) >= 11 is 3.34. The van der Waals surface area contributed by atoms with Crippen molar-refractivity contribution >= 4 is 33.9 Å². The molecule has 2 aromatic rings. The van der Waals surface area contributed by atoms with Crippen molar-refractivity contribution in [3.63, 3.8) is 0 Å². The quantitative estimate of drug-likeness (QED) is 0.470. The number of nitrogens with zero attached hydrogens (tertiary/aromatic N) is 2. The molecule has 0 saturated heterocycles. The Morgan fingerprint density at radius 1 is 1.48 bits per heavy atom. The number of amides is 1. The van der Waals surface area contributed by atoms with Gasteiger partial charge in [-0.15, -0.1) is 0 Å². The second-order valence-electron chi connectivity index (χ2n) is 4.42. The van der Waals surface area contributed by atoms with Gasteiger partial charge in [0.2, 0.25) is 0 Å². The molecular weight excluding hydrogens is 370 g/mol. The van der Waals surface area contributed by atoms with E-state index in [1.54, 1.807) is 6.07 Å².